The van der Waals surface area contributed by atoms with E-state index in [-0.39, 0.29) is 5.41 Å². The molecule has 0 aliphatic heterocycles. The zero-order valence-electron chi connectivity index (χ0n) is 6.83. The lowest BCUT2D eigenvalue weighted by Crippen LogP contribution is -2.01. The van der Waals surface area contributed by atoms with Crippen molar-refractivity contribution in [2.24, 2.45) is 16.1 Å². The molecule has 0 aromatic rings. The van der Waals surface area contributed by atoms with Crippen LogP contribution in [0.1, 0.15) is 12.8 Å². The number of hydrogen-bond acceptors (Lipinski definition) is 3. The Labute approximate surface area is 73.4 Å². The van der Waals surface area contributed by atoms with Crippen molar-refractivity contribution in [3.63, 3.8) is 0 Å². The molecule has 0 aromatic heterocycles. The van der Waals surface area contributed by atoms with Crippen molar-refractivity contribution in [2.45, 2.75) is 12.8 Å². The molecule has 0 amide bonds. The maximum absolute atomic E-state index is 8.68. The first-order chi connectivity index (χ1) is 5.72. The largest absolute Gasteiger partial charge is 0.405 e. The Morgan fingerprint density at radius 3 is 2.83 bits per heavy atom. The van der Waals surface area contributed by atoms with Crippen molar-refractivity contribution in [2.75, 3.05) is 6.54 Å². The molecule has 2 radical (unpaired) electrons. The van der Waals surface area contributed by atoms with Crippen LogP contribution < -0.4 is 5.73 Å². The first kappa shape index (κ1) is 8.86. The molecule has 1 fully saturated rings. The Hall–Kier alpha value is -1.24. The number of nitrogens with zero attached hydrogens (tertiary/aromatic N) is 2. The molecule has 4 heteroatoms. The Kier molecular flexibility index (Phi) is 2.54. The highest BCUT2D eigenvalue weighted by Gasteiger charge is 2.42. The molecule has 0 saturated heterocycles. The molecule has 12 heavy (non-hydrogen) atoms. The molecule has 1 aliphatic rings. The van der Waals surface area contributed by atoms with Crippen LogP contribution in [0.15, 0.2) is 16.7 Å². The van der Waals surface area contributed by atoms with Crippen LogP contribution in [0.4, 0.5) is 0 Å². The second kappa shape index (κ2) is 3.44. The number of hydrogen-bond donors (Lipinski definition) is 1. The van der Waals surface area contributed by atoms with Crippen molar-refractivity contribution in [1.29, 1.82) is 5.26 Å². The summed E-state index contributed by atoms with van der Waals surface area (Å²) in [5.41, 5.74) is 5.37. The first-order valence-corrected chi connectivity index (χ1v) is 3.81. The van der Waals surface area contributed by atoms with Gasteiger partial charge in [-0.1, -0.05) is 5.47 Å². The molecule has 1 aliphatic carbocycles. The minimum absolute atomic E-state index is 0.189. The summed E-state index contributed by atoms with van der Waals surface area (Å²) in [5, 5.41) is 8.68. The fourth-order valence-corrected chi connectivity index (χ4v) is 0.825. The lowest BCUT2D eigenvalue weighted by atomic mass is 9.98. The topological polar surface area (TPSA) is 62.2 Å². The van der Waals surface area contributed by atoms with E-state index in [0.717, 1.165) is 12.8 Å². The van der Waals surface area contributed by atoms with E-state index in [1.54, 1.807) is 0 Å². The number of nitriles is 1. The van der Waals surface area contributed by atoms with E-state index in [1.165, 1.54) is 12.4 Å². The summed E-state index contributed by atoms with van der Waals surface area (Å²) in [6, 6.07) is 2.24. The van der Waals surface area contributed by atoms with Crippen molar-refractivity contribution in [3.05, 3.63) is 11.7 Å². The Morgan fingerprint density at radius 2 is 2.42 bits per heavy atom. The predicted molar refractivity (Wildman–Crippen MR) is 48.7 cm³/mol. The van der Waals surface area contributed by atoms with Crippen LogP contribution in [0.25, 0.3) is 0 Å². The highest BCUT2D eigenvalue weighted by molar-refractivity contribution is 6.32. The van der Waals surface area contributed by atoms with Crippen LogP contribution in [-0.4, -0.2) is 20.6 Å². The van der Waals surface area contributed by atoms with E-state index < -0.39 is 0 Å². The standard InChI is InChI=1S/C8H10BN3/c9-7(3-10)4-12-6-8(5-11)1-2-8/h3-4H,1-2,6,10H2. The molecule has 0 aromatic carbocycles. The second-order valence-electron chi connectivity index (χ2n) is 3.03. The maximum Gasteiger partial charge on any atom is 0.117 e. The van der Waals surface area contributed by atoms with Gasteiger partial charge >= 0.3 is 0 Å². The van der Waals surface area contributed by atoms with Crippen molar-refractivity contribution in [3.8, 4) is 6.07 Å². The molecule has 0 unspecified atom stereocenters. The van der Waals surface area contributed by atoms with Crippen LogP contribution >= 0.6 is 0 Å². The summed E-state index contributed by atoms with van der Waals surface area (Å²) < 4.78 is 0. The van der Waals surface area contributed by atoms with Crippen molar-refractivity contribution < 1.29 is 0 Å². The third-order valence-electron chi connectivity index (χ3n) is 1.92. The fourth-order valence-electron chi connectivity index (χ4n) is 0.825. The number of allylic oxidation sites excluding steroid dienone is 1. The van der Waals surface area contributed by atoms with E-state index in [0.29, 0.717) is 12.0 Å². The van der Waals surface area contributed by atoms with Gasteiger partial charge in [-0.3, -0.25) is 4.99 Å². The van der Waals surface area contributed by atoms with E-state index in [2.05, 4.69) is 11.1 Å². The Morgan fingerprint density at radius 1 is 1.75 bits per heavy atom. The average Bonchev–Trinajstić information content (AvgIpc) is 2.85. The molecule has 0 atom stereocenters. The van der Waals surface area contributed by atoms with Gasteiger partial charge in [-0.2, -0.15) is 5.26 Å². The summed E-state index contributed by atoms with van der Waals surface area (Å²) >= 11 is 0. The summed E-state index contributed by atoms with van der Waals surface area (Å²) in [4.78, 5) is 4.03. The van der Waals surface area contributed by atoms with Gasteiger partial charge in [-0.25, -0.2) is 0 Å². The maximum atomic E-state index is 8.68. The van der Waals surface area contributed by atoms with Gasteiger partial charge in [0.15, 0.2) is 0 Å². The zero-order valence-corrected chi connectivity index (χ0v) is 6.83. The van der Waals surface area contributed by atoms with Gasteiger partial charge in [0.1, 0.15) is 7.85 Å². The van der Waals surface area contributed by atoms with E-state index in [1.807, 2.05) is 0 Å². The van der Waals surface area contributed by atoms with Gasteiger partial charge in [0.25, 0.3) is 0 Å². The van der Waals surface area contributed by atoms with Gasteiger partial charge in [0.2, 0.25) is 0 Å². The Balaban J connectivity index is 2.36. The highest BCUT2D eigenvalue weighted by atomic mass is 14.8. The molecule has 0 bridgehead atoms. The van der Waals surface area contributed by atoms with E-state index in [4.69, 9.17) is 18.8 Å². The fraction of sp³-hybridized carbons (Fsp3) is 0.500. The zero-order chi connectivity index (χ0) is 9.03. The van der Waals surface area contributed by atoms with E-state index in [9.17, 15) is 0 Å². The summed E-state index contributed by atoms with van der Waals surface area (Å²) in [5.74, 6) is 0. The van der Waals surface area contributed by atoms with Crippen LogP contribution in [0.2, 0.25) is 0 Å². The quantitative estimate of drug-likeness (QED) is 0.476. The predicted octanol–water partition coefficient (Wildman–Crippen LogP) is 0.330. The van der Waals surface area contributed by atoms with Gasteiger partial charge in [0.05, 0.1) is 18.0 Å². The first-order valence-electron chi connectivity index (χ1n) is 3.81. The smallest absolute Gasteiger partial charge is 0.117 e. The highest BCUT2D eigenvalue weighted by Crippen LogP contribution is 2.44. The SMILES string of the molecule is [B]C(C=NCC1(C#N)CC1)=CN. The van der Waals surface area contributed by atoms with Crippen LogP contribution in [-0.2, 0) is 0 Å². The molecular weight excluding hydrogens is 149 g/mol. The third kappa shape index (κ3) is 2.13. The van der Waals surface area contributed by atoms with Crippen molar-refractivity contribution in [1.82, 2.24) is 0 Å². The lowest BCUT2D eigenvalue weighted by molar-refractivity contribution is 0.687. The molecule has 0 spiro atoms. The molecular formula is C8H10BN3. The van der Waals surface area contributed by atoms with Gasteiger partial charge in [-0.05, 0) is 19.0 Å². The normalized spacial score (nSPS) is 20.8. The van der Waals surface area contributed by atoms with Gasteiger partial charge in [0, 0.05) is 6.21 Å². The number of nitrogens with two attached hydrogens (primary N) is 1. The molecule has 1 rings (SSSR count). The van der Waals surface area contributed by atoms with Gasteiger partial charge in [-0.15, -0.1) is 0 Å². The molecule has 60 valence electrons. The van der Waals surface area contributed by atoms with E-state index >= 15 is 0 Å². The molecule has 1 saturated carbocycles. The van der Waals surface area contributed by atoms with Gasteiger partial charge < -0.3 is 5.73 Å². The van der Waals surface area contributed by atoms with Crippen LogP contribution in [0, 0.1) is 16.7 Å². The summed E-state index contributed by atoms with van der Waals surface area (Å²) in [6.07, 6.45) is 4.69. The second-order valence-corrected chi connectivity index (χ2v) is 3.03. The molecule has 2 N–H and O–H groups in total. The monoisotopic (exact) mass is 159 g/mol. The van der Waals surface area contributed by atoms with Crippen LogP contribution in [0.3, 0.4) is 0 Å². The summed E-state index contributed by atoms with van der Waals surface area (Å²) in [6.45, 7) is 0.540. The average molecular weight is 159 g/mol. The minimum Gasteiger partial charge on any atom is -0.405 e. The molecule has 3 nitrogen and oxygen atoms in total. The summed E-state index contributed by atoms with van der Waals surface area (Å²) in [7, 11) is 5.37. The number of rotatable bonds is 3. The van der Waals surface area contributed by atoms with Crippen molar-refractivity contribution >= 4 is 14.1 Å². The third-order valence-corrected chi connectivity index (χ3v) is 1.92. The lowest BCUT2D eigenvalue weighted by Gasteiger charge is -1.97. The van der Waals surface area contributed by atoms with Crippen LogP contribution in [0.5, 0.6) is 0 Å². The molecule has 0 heterocycles. The Bertz CT molecular complexity index is 258. The minimum atomic E-state index is -0.189. The number of aliphatic imine (C=N–C) groups is 1.